The van der Waals surface area contributed by atoms with Crippen LogP contribution in [0.1, 0.15) is 53.5 Å². The van der Waals surface area contributed by atoms with Gasteiger partial charge in [0, 0.05) is 11.5 Å². The van der Waals surface area contributed by atoms with Crippen molar-refractivity contribution in [2.45, 2.75) is 38.5 Å². The van der Waals surface area contributed by atoms with Gasteiger partial charge in [0.1, 0.15) is 5.76 Å². The highest BCUT2D eigenvalue weighted by atomic mass is 16.5. The Bertz CT molecular complexity index is 446. The van der Waals surface area contributed by atoms with Crippen LogP contribution in [0.15, 0.2) is 10.5 Å². The number of rotatable bonds is 2. The van der Waals surface area contributed by atoms with E-state index in [2.05, 4.69) is 0 Å². The summed E-state index contributed by atoms with van der Waals surface area (Å²) in [5, 5.41) is 0. The molecular weight excluding hydrogens is 216 g/mol. The number of aryl methyl sites for hydroxylation is 1. The van der Waals surface area contributed by atoms with Gasteiger partial charge in [0.2, 0.25) is 5.76 Å². The van der Waals surface area contributed by atoms with Crippen molar-refractivity contribution < 1.29 is 13.9 Å². The van der Waals surface area contributed by atoms with E-state index in [1.54, 1.807) is 0 Å². The molecule has 2 bridgehead atoms. The van der Waals surface area contributed by atoms with E-state index in [1.807, 2.05) is 13.0 Å². The number of hydrogen-bond acceptors (Lipinski definition) is 3. The first-order valence-electron chi connectivity index (χ1n) is 6.37. The molecule has 92 valence electrons. The summed E-state index contributed by atoms with van der Waals surface area (Å²) < 4.78 is 10.5. The van der Waals surface area contributed by atoms with Gasteiger partial charge >= 0.3 is 5.97 Å². The van der Waals surface area contributed by atoms with Gasteiger partial charge in [-0.25, -0.2) is 4.79 Å². The fourth-order valence-electron chi connectivity index (χ4n) is 3.58. The highest BCUT2D eigenvalue weighted by Gasteiger charge is 2.42. The second-order valence-corrected chi connectivity index (χ2v) is 5.43. The summed E-state index contributed by atoms with van der Waals surface area (Å²) in [6.07, 6.45) is 5.28. The van der Waals surface area contributed by atoms with Crippen LogP contribution in [-0.2, 0) is 4.74 Å². The van der Waals surface area contributed by atoms with Gasteiger partial charge in [-0.2, -0.15) is 0 Å². The first-order valence-corrected chi connectivity index (χ1v) is 6.37. The molecule has 2 fully saturated rings. The van der Waals surface area contributed by atoms with Crippen LogP contribution in [0.25, 0.3) is 0 Å². The Hall–Kier alpha value is -1.25. The molecule has 0 saturated heterocycles. The topological polar surface area (TPSA) is 39.4 Å². The Balaban J connectivity index is 1.87. The van der Waals surface area contributed by atoms with Gasteiger partial charge in [0.05, 0.1) is 7.11 Å². The minimum Gasteiger partial charge on any atom is -0.463 e. The SMILES string of the molecule is COC(=O)c1oc([C@@H]2C[C@H]3CC[C@@H]2C3)cc1C. The molecule has 2 aliphatic carbocycles. The average Bonchev–Trinajstić information content (AvgIpc) is 3.01. The van der Waals surface area contributed by atoms with Crippen LogP contribution in [0.3, 0.4) is 0 Å². The van der Waals surface area contributed by atoms with Gasteiger partial charge in [0.15, 0.2) is 0 Å². The number of carbonyl (C=O) groups is 1. The molecule has 2 saturated carbocycles. The fourth-order valence-corrected chi connectivity index (χ4v) is 3.58. The number of carbonyl (C=O) groups excluding carboxylic acids is 1. The zero-order valence-electron chi connectivity index (χ0n) is 10.4. The lowest BCUT2D eigenvalue weighted by Gasteiger charge is -2.18. The van der Waals surface area contributed by atoms with E-state index in [0.717, 1.165) is 23.2 Å². The van der Waals surface area contributed by atoms with Crippen molar-refractivity contribution in [1.82, 2.24) is 0 Å². The van der Waals surface area contributed by atoms with E-state index in [-0.39, 0.29) is 5.97 Å². The second kappa shape index (κ2) is 3.90. The predicted molar refractivity (Wildman–Crippen MR) is 63.0 cm³/mol. The van der Waals surface area contributed by atoms with E-state index in [4.69, 9.17) is 9.15 Å². The van der Waals surface area contributed by atoms with E-state index < -0.39 is 0 Å². The molecule has 1 aromatic heterocycles. The van der Waals surface area contributed by atoms with E-state index in [1.165, 1.54) is 32.8 Å². The minimum absolute atomic E-state index is 0.364. The van der Waals surface area contributed by atoms with Crippen molar-refractivity contribution in [1.29, 1.82) is 0 Å². The third kappa shape index (κ3) is 1.68. The number of methoxy groups -OCH3 is 1. The molecule has 3 atom stereocenters. The molecule has 0 spiro atoms. The number of esters is 1. The van der Waals surface area contributed by atoms with Crippen molar-refractivity contribution in [2.75, 3.05) is 7.11 Å². The van der Waals surface area contributed by atoms with Gasteiger partial charge in [-0.1, -0.05) is 6.42 Å². The van der Waals surface area contributed by atoms with Crippen molar-refractivity contribution in [3.8, 4) is 0 Å². The van der Waals surface area contributed by atoms with Gasteiger partial charge in [-0.15, -0.1) is 0 Å². The van der Waals surface area contributed by atoms with Crippen LogP contribution in [0.2, 0.25) is 0 Å². The van der Waals surface area contributed by atoms with E-state index in [0.29, 0.717) is 11.7 Å². The fraction of sp³-hybridized carbons (Fsp3) is 0.643. The van der Waals surface area contributed by atoms with Crippen molar-refractivity contribution in [2.24, 2.45) is 11.8 Å². The second-order valence-electron chi connectivity index (χ2n) is 5.43. The first-order chi connectivity index (χ1) is 8.19. The standard InChI is InChI=1S/C14H18O3/c1-8-5-12(17-13(8)14(15)16-2)11-7-9-3-4-10(11)6-9/h5,9-11H,3-4,6-7H2,1-2H3/t9-,10+,11+/m0/s1. The Morgan fingerprint density at radius 2 is 2.24 bits per heavy atom. The Kier molecular flexibility index (Phi) is 2.49. The lowest BCUT2D eigenvalue weighted by Crippen LogP contribution is -2.07. The number of hydrogen-bond donors (Lipinski definition) is 0. The number of fused-ring (bicyclic) bond motifs is 2. The van der Waals surface area contributed by atoms with Crippen LogP contribution >= 0.6 is 0 Å². The Morgan fingerprint density at radius 3 is 2.82 bits per heavy atom. The quantitative estimate of drug-likeness (QED) is 0.737. The highest BCUT2D eigenvalue weighted by molar-refractivity contribution is 5.87. The number of furan rings is 1. The lowest BCUT2D eigenvalue weighted by molar-refractivity contribution is 0.0560. The zero-order valence-corrected chi connectivity index (χ0v) is 10.4. The summed E-state index contributed by atoms with van der Waals surface area (Å²) in [6.45, 7) is 1.91. The molecule has 0 radical (unpaired) electrons. The molecule has 2 aliphatic rings. The summed E-state index contributed by atoms with van der Waals surface area (Å²) >= 11 is 0. The minimum atomic E-state index is -0.364. The average molecular weight is 234 g/mol. The molecule has 0 aromatic carbocycles. The van der Waals surface area contributed by atoms with Gasteiger partial charge in [-0.05, 0) is 44.1 Å². The molecule has 0 unspecified atom stereocenters. The maximum absolute atomic E-state index is 11.5. The molecule has 3 rings (SSSR count). The van der Waals surface area contributed by atoms with Crippen LogP contribution in [0.5, 0.6) is 0 Å². The van der Waals surface area contributed by atoms with Crippen LogP contribution < -0.4 is 0 Å². The molecule has 17 heavy (non-hydrogen) atoms. The molecule has 3 nitrogen and oxygen atoms in total. The summed E-state index contributed by atoms with van der Waals surface area (Å²) in [5.41, 5.74) is 0.898. The van der Waals surface area contributed by atoms with E-state index >= 15 is 0 Å². The molecule has 0 aliphatic heterocycles. The predicted octanol–water partition coefficient (Wildman–Crippen LogP) is 3.28. The number of ether oxygens (including phenoxy) is 1. The van der Waals surface area contributed by atoms with Crippen molar-refractivity contribution in [3.05, 3.63) is 23.2 Å². The molecular formula is C14H18O3. The third-order valence-electron chi connectivity index (χ3n) is 4.41. The van der Waals surface area contributed by atoms with Crippen LogP contribution in [-0.4, -0.2) is 13.1 Å². The lowest BCUT2D eigenvalue weighted by atomic mass is 9.87. The maximum atomic E-state index is 11.5. The highest BCUT2D eigenvalue weighted by Crippen LogP contribution is 2.53. The van der Waals surface area contributed by atoms with Gasteiger partial charge < -0.3 is 9.15 Å². The normalized spacial score (nSPS) is 30.8. The first kappa shape index (κ1) is 10.9. The Morgan fingerprint density at radius 1 is 1.41 bits per heavy atom. The Labute approximate surface area is 101 Å². The third-order valence-corrected chi connectivity index (χ3v) is 4.41. The largest absolute Gasteiger partial charge is 0.463 e. The van der Waals surface area contributed by atoms with Gasteiger partial charge in [-0.3, -0.25) is 0 Å². The monoisotopic (exact) mass is 234 g/mol. The summed E-state index contributed by atoms with van der Waals surface area (Å²) in [5.74, 6) is 3.20. The molecule has 0 amide bonds. The van der Waals surface area contributed by atoms with Gasteiger partial charge in [0.25, 0.3) is 0 Å². The zero-order chi connectivity index (χ0) is 12.0. The van der Waals surface area contributed by atoms with E-state index in [9.17, 15) is 4.79 Å². The summed E-state index contributed by atoms with van der Waals surface area (Å²) in [7, 11) is 1.39. The summed E-state index contributed by atoms with van der Waals surface area (Å²) in [4.78, 5) is 11.5. The summed E-state index contributed by atoms with van der Waals surface area (Å²) in [6, 6.07) is 2.03. The van der Waals surface area contributed by atoms with Crippen molar-refractivity contribution >= 4 is 5.97 Å². The van der Waals surface area contributed by atoms with Crippen molar-refractivity contribution in [3.63, 3.8) is 0 Å². The molecule has 1 heterocycles. The maximum Gasteiger partial charge on any atom is 0.374 e. The smallest absolute Gasteiger partial charge is 0.374 e. The molecule has 1 aromatic rings. The molecule has 0 N–H and O–H groups in total. The van der Waals surface area contributed by atoms with Crippen LogP contribution in [0.4, 0.5) is 0 Å². The molecule has 3 heteroatoms. The van der Waals surface area contributed by atoms with Crippen LogP contribution in [0, 0.1) is 18.8 Å².